The molecule has 0 saturated heterocycles. The third-order valence-electron chi connectivity index (χ3n) is 3.75. The fourth-order valence-corrected chi connectivity index (χ4v) is 2.76. The van der Waals surface area contributed by atoms with Gasteiger partial charge < -0.3 is 10.1 Å². The van der Waals surface area contributed by atoms with E-state index >= 15 is 0 Å². The molecule has 7 heteroatoms. The van der Waals surface area contributed by atoms with E-state index in [0.29, 0.717) is 16.5 Å². The number of anilines is 2. The number of ether oxygens (including phenoxy) is 1. The van der Waals surface area contributed by atoms with Crippen LogP contribution in [0.15, 0.2) is 61.1 Å². The first-order valence-electron chi connectivity index (χ1n) is 7.60. The van der Waals surface area contributed by atoms with Crippen molar-refractivity contribution in [3.63, 3.8) is 0 Å². The Morgan fingerprint density at radius 2 is 1.96 bits per heavy atom. The minimum Gasteiger partial charge on any atom is -0.497 e. The van der Waals surface area contributed by atoms with Crippen LogP contribution in [0, 0.1) is 0 Å². The summed E-state index contributed by atoms with van der Waals surface area (Å²) in [6.07, 6.45) is 3.24. The van der Waals surface area contributed by atoms with E-state index in [-0.39, 0.29) is 0 Å². The Hall–Kier alpha value is -3.12. The Morgan fingerprint density at radius 3 is 2.80 bits per heavy atom. The first-order valence-corrected chi connectivity index (χ1v) is 7.98. The third-order valence-corrected chi connectivity index (χ3v) is 3.99. The van der Waals surface area contributed by atoms with E-state index in [1.54, 1.807) is 18.0 Å². The quantitative estimate of drug-likeness (QED) is 0.596. The zero-order chi connectivity index (χ0) is 17.2. The summed E-state index contributed by atoms with van der Waals surface area (Å²) in [7, 11) is 1.64. The fourth-order valence-electron chi connectivity index (χ4n) is 2.58. The van der Waals surface area contributed by atoms with Crippen LogP contribution in [0.5, 0.6) is 5.75 Å². The van der Waals surface area contributed by atoms with Crippen molar-refractivity contribution in [2.45, 2.75) is 0 Å². The van der Waals surface area contributed by atoms with Crippen molar-refractivity contribution < 1.29 is 4.74 Å². The highest BCUT2D eigenvalue weighted by molar-refractivity contribution is 6.30. The summed E-state index contributed by atoms with van der Waals surface area (Å²) in [5.74, 6) is 1.44. The van der Waals surface area contributed by atoms with Crippen molar-refractivity contribution in [2.75, 3.05) is 12.4 Å². The zero-order valence-corrected chi connectivity index (χ0v) is 14.1. The molecule has 6 nitrogen and oxygen atoms in total. The molecule has 1 N–H and O–H groups in total. The largest absolute Gasteiger partial charge is 0.497 e. The highest BCUT2D eigenvalue weighted by Gasteiger charge is 2.11. The van der Waals surface area contributed by atoms with Crippen molar-refractivity contribution in [3.05, 3.63) is 66.1 Å². The van der Waals surface area contributed by atoms with Crippen LogP contribution < -0.4 is 10.1 Å². The minimum atomic E-state index is 0.643. The summed E-state index contributed by atoms with van der Waals surface area (Å²) in [4.78, 5) is 8.70. The predicted octanol–water partition coefficient (Wildman–Crippen LogP) is 4.22. The van der Waals surface area contributed by atoms with Gasteiger partial charge in [0.2, 0.25) is 0 Å². The second-order valence-electron chi connectivity index (χ2n) is 5.35. The Kier molecular flexibility index (Phi) is 3.95. The molecule has 0 spiro atoms. The average Bonchev–Trinajstić information content (AvgIpc) is 3.07. The molecule has 0 unspecified atom stereocenters. The summed E-state index contributed by atoms with van der Waals surface area (Å²) >= 11 is 6.08. The molecule has 25 heavy (non-hydrogen) atoms. The molecular weight excluding hydrogens is 338 g/mol. The van der Waals surface area contributed by atoms with Gasteiger partial charge in [0.15, 0.2) is 5.65 Å². The topological polar surface area (TPSA) is 64.9 Å². The summed E-state index contributed by atoms with van der Waals surface area (Å²) in [6, 6.07) is 15.1. The molecule has 0 saturated carbocycles. The molecule has 0 atom stereocenters. The molecule has 0 bridgehead atoms. The lowest BCUT2D eigenvalue weighted by Crippen LogP contribution is -1.99. The molecular formula is C18H14ClN5O. The smallest absolute Gasteiger partial charge is 0.168 e. The number of fused-ring (bicyclic) bond motifs is 1. The second-order valence-corrected chi connectivity index (χ2v) is 5.79. The summed E-state index contributed by atoms with van der Waals surface area (Å²) in [5.41, 5.74) is 2.41. The molecule has 4 rings (SSSR count). The standard InChI is InChI=1S/C18H14ClN5O/c1-25-15-7-3-5-13(9-15)23-17-16-10-22-24(18(16)21-11-20-17)14-6-2-4-12(19)8-14/h2-11H,1H3,(H,20,21,23). The van der Waals surface area contributed by atoms with Gasteiger partial charge in [-0.05, 0) is 30.3 Å². The van der Waals surface area contributed by atoms with Crippen LogP contribution in [0.3, 0.4) is 0 Å². The predicted molar refractivity (Wildman–Crippen MR) is 97.9 cm³/mol. The molecule has 0 aliphatic heterocycles. The highest BCUT2D eigenvalue weighted by atomic mass is 35.5. The number of methoxy groups -OCH3 is 1. The lowest BCUT2D eigenvalue weighted by atomic mass is 10.3. The molecule has 0 radical (unpaired) electrons. The molecule has 4 aromatic rings. The maximum Gasteiger partial charge on any atom is 0.168 e. The SMILES string of the molecule is COc1cccc(Nc2ncnc3c2cnn3-c2cccc(Cl)c2)c1. The normalized spacial score (nSPS) is 10.8. The van der Waals surface area contributed by atoms with E-state index in [1.807, 2.05) is 48.5 Å². The average molecular weight is 352 g/mol. The number of rotatable bonds is 4. The number of hydrogen-bond donors (Lipinski definition) is 1. The summed E-state index contributed by atoms with van der Waals surface area (Å²) in [5, 5.41) is 9.17. The van der Waals surface area contributed by atoms with Gasteiger partial charge in [0.25, 0.3) is 0 Å². The lowest BCUT2D eigenvalue weighted by molar-refractivity contribution is 0.415. The van der Waals surface area contributed by atoms with Crippen LogP contribution in [0.25, 0.3) is 16.7 Å². The van der Waals surface area contributed by atoms with E-state index in [4.69, 9.17) is 16.3 Å². The number of nitrogens with zero attached hydrogens (tertiary/aromatic N) is 4. The van der Waals surface area contributed by atoms with Gasteiger partial charge in [-0.25, -0.2) is 14.6 Å². The number of benzene rings is 2. The summed E-state index contributed by atoms with van der Waals surface area (Å²) in [6.45, 7) is 0. The first-order chi connectivity index (χ1) is 12.2. The van der Waals surface area contributed by atoms with Crippen LogP contribution in [0.2, 0.25) is 5.02 Å². The molecule has 2 aromatic carbocycles. The van der Waals surface area contributed by atoms with Crippen molar-refractivity contribution in [1.29, 1.82) is 0 Å². The molecule has 0 amide bonds. The molecule has 2 heterocycles. The summed E-state index contributed by atoms with van der Waals surface area (Å²) < 4.78 is 6.99. The van der Waals surface area contributed by atoms with Crippen molar-refractivity contribution in [2.24, 2.45) is 0 Å². The van der Waals surface area contributed by atoms with Crippen LogP contribution in [0.1, 0.15) is 0 Å². The van der Waals surface area contributed by atoms with Gasteiger partial charge in [-0.2, -0.15) is 5.10 Å². The molecule has 2 aromatic heterocycles. The number of halogens is 1. The van der Waals surface area contributed by atoms with Crippen LogP contribution in [0.4, 0.5) is 11.5 Å². The number of aromatic nitrogens is 4. The Labute approximate surface area is 149 Å². The second kappa shape index (κ2) is 6.41. The Bertz CT molecular complexity index is 1050. The molecule has 0 aliphatic carbocycles. The Morgan fingerprint density at radius 1 is 1.08 bits per heavy atom. The van der Waals surface area contributed by atoms with E-state index in [1.165, 1.54) is 6.33 Å². The lowest BCUT2D eigenvalue weighted by Gasteiger charge is -2.08. The Balaban J connectivity index is 1.76. The van der Waals surface area contributed by atoms with Crippen LogP contribution in [-0.2, 0) is 0 Å². The number of hydrogen-bond acceptors (Lipinski definition) is 5. The fraction of sp³-hybridized carbons (Fsp3) is 0.0556. The van der Waals surface area contributed by atoms with E-state index in [0.717, 1.165) is 22.5 Å². The van der Waals surface area contributed by atoms with Gasteiger partial charge in [0, 0.05) is 16.8 Å². The number of nitrogens with one attached hydrogen (secondary N) is 1. The van der Waals surface area contributed by atoms with Gasteiger partial charge in [-0.15, -0.1) is 0 Å². The molecule has 124 valence electrons. The molecule has 0 aliphatic rings. The van der Waals surface area contributed by atoms with Gasteiger partial charge in [0.1, 0.15) is 17.9 Å². The van der Waals surface area contributed by atoms with E-state index in [9.17, 15) is 0 Å². The first kappa shape index (κ1) is 15.4. The van der Waals surface area contributed by atoms with E-state index in [2.05, 4.69) is 20.4 Å². The van der Waals surface area contributed by atoms with Crippen molar-refractivity contribution >= 4 is 34.1 Å². The van der Waals surface area contributed by atoms with Gasteiger partial charge in [-0.1, -0.05) is 23.7 Å². The van der Waals surface area contributed by atoms with Crippen molar-refractivity contribution in [3.8, 4) is 11.4 Å². The highest BCUT2D eigenvalue weighted by Crippen LogP contribution is 2.26. The van der Waals surface area contributed by atoms with Gasteiger partial charge >= 0.3 is 0 Å². The van der Waals surface area contributed by atoms with Gasteiger partial charge in [0.05, 0.1) is 24.4 Å². The minimum absolute atomic E-state index is 0.643. The van der Waals surface area contributed by atoms with Gasteiger partial charge in [-0.3, -0.25) is 0 Å². The van der Waals surface area contributed by atoms with E-state index < -0.39 is 0 Å². The maximum atomic E-state index is 6.08. The monoisotopic (exact) mass is 351 g/mol. The van der Waals surface area contributed by atoms with Crippen LogP contribution >= 0.6 is 11.6 Å². The van der Waals surface area contributed by atoms with Crippen LogP contribution in [-0.4, -0.2) is 26.9 Å². The zero-order valence-electron chi connectivity index (χ0n) is 13.3. The molecule has 0 fully saturated rings. The maximum absolute atomic E-state index is 6.08. The van der Waals surface area contributed by atoms with Crippen molar-refractivity contribution in [1.82, 2.24) is 19.7 Å². The third kappa shape index (κ3) is 2.99.